The summed E-state index contributed by atoms with van der Waals surface area (Å²) < 4.78 is 16.1. The van der Waals surface area contributed by atoms with Crippen LogP contribution in [0.25, 0.3) is 10.9 Å². The van der Waals surface area contributed by atoms with Crippen molar-refractivity contribution in [2.45, 2.75) is 6.54 Å². The average molecular weight is 284 g/mol. The minimum Gasteiger partial charge on any atom is -0.409 e. The molecule has 21 heavy (non-hydrogen) atoms. The SMILES string of the molecule is N/C(=N/O)c1cccc(Cn2ncc3ccccc32)c1F. The molecule has 0 spiro atoms. The number of nitrogens with two attached hydrogens (primary N) is 1. The third kappa shape index (κ3) is 2.31. The van der Waals surface area contributed by atoms with E-state index in [-0.39, 0.29) is 17.9 Å². The molecule has 0 atom stereocenters. The molecule has 0 aliphatic carbocycles. The molecule has 0 unspecified atom stereocenters. The van der Waals surface area contributed by atoms with Gasteiger partial charge in [-0.15, -0.1) is 0 Å². The van der Waals surface area contributed by atoms with Crippen LogP contribution < -0.4 is 5.73 Å². The second kappa shape index (κ2) is 5.24. The Morgan fingerprint density at radius 3 is 2.86 bits per heavy atom. The third-order valence-corrected chi connectivity index (χ3v) is 3.33. The Hall–Kier alpha value is -2.89. The number of oxime groups is 1. The van der Waals surface area contributed by atoms with Gasteiger partial charge in [-0.3, -0.25) is 4.68 Å². The Balaban J connectivity index is 2.02. The van der Waals surface area contributed by atoms with Crippen molar-refractivity contribution in [3.63, 3.8) is 0 Å². The van der Waals surface area contributed by atoms with Gasteiger partial charge in [-0.1, -0.05) is 35.5 Å². The number of benzene rings is 2. The Morgan fingerprint density at radius 1 is 1.24 bits per heavy atom. The summed E-state index contributed by atoms with van der Waals surface area (Å²) in [5.74, 6) is -0.757. The molecule has 0 bridgehead atoms. The number of halogens is 1. The molecule has 6 heteroatoms. The highest BCUT2D eigenvalue weighted by Crippen LogP contribution is 2.18. The first kappa shape index (κ1) is 13.1. The van der Waals surface area contributed by atoms with E-state index in [1.165, 1.54) is 6.07 Å². The van der Waals surface area contributed by atoms with Crippen LogP contribution in [0, 0.1) is 5.82 Å². The Kier molecular flexibility index (Phi) is 3.27. The Bertz CT molecular complexity index is 825. The van der Waals surface area contributed by atoms with Crippen LogP contribution in [-0.2, 0) is 6.54 Å². The predicted octanol–water partition coefficient (Wildman–Crippen LogP) is 2.32. The number of aromatic nitrogens is 2. The zero-order valence-corrected chi connectivity index (χ0v) is 11.1. The number of amidine groups is 1. The number of rotatable bonds is 3. The minimum absolute atomic E-state index is 0.0754. The van der Waals surface area contributed by atoms with Crippen molar-refractivity contribution < 1.29 is 9.60 Å². The quantitative estimate of drug-likeness (QED) is 0.335. The summed E-state index contributed by atoms with van der Waals surface area (Å²) in [6.07, 6.45) is 1.74. The second-order valence-electron chi connectivity index (χ2n) is 4.62. The second-order valence-corrected chi connectivity index (χ2v) is 4.62. The van der Waals surface area contributed by atoms with Gasteiger partial charge >= 0.3 is 0 Å². The fraction of sp³-hybridized carbons (Fsp3) is 0.0667. The molecule has 2 aromatic carbocycles. The van der Waals surface area contributed by atoms with Gasteiger partial charge in [-0.2, -0.15) is 5.10 Å². The lowest BCUT2D eigenvalue weighted by atomic mass is 10.1. The molecule has 3 rings (SSSR count). The van der Waals surface area contributed by atoms with Crippen molar-refractivity contribution in [2.75, 3.05) is 0 Å². The molecule has 0 radical (unpaired) electrons. The molecular formula is C15H13FN4O. The van der Waals surface area contributed by atoms with Crippen molar-refractivity contribution >= 4 is 16.7 Å². The van der Waals surface area contributed by atoms with Gasteiger partial charge in [0.05, 0.1) is 23.8 Å². The number of hydrogen-bond donors (Lipinski definition) is 2. The summed E-state index contributed by atoms with van der Waals surface area (Å²) in [5, 5.41) is 16.8. The first-order valence-electron chi connectivity index (χ1n) is 6.36. The van der Waals surface area contributed by atoms with Crippen molar-refractivity contribution in [2.24, 2.45) is 10.9 Å². The summed E-state index contributed by atoms with van der Waals surface area (Å²) in [7, 11) is 0. The highest BCUT2D eigenvalue weighted by atomic mass is 19.1. The van der Waals surface area contributed by atoms with Gasteiger partial charge in [-0.25, -0.2) is 4.39 Å². The monoisotopic (exact) mass is 284 g/mol. The summed E-state index contributed by atoms with van der Waals surface area (Å²) in [4.78, 5) is 0. The maximum atomic E-state index is 14.4. The van der Waals surface area contributed by atoms with Gasteiger partial charge in [0, 0.05) is 10.9 Å². The van der Waals surface area contributed by atoms with E-state index in [2.05, 4.69) is 10.3 Å². The van der Waals surface area contributed by atoms with Crippen molar-refractivity contribution in [1.29, 1.82) is 0 Å². The van der Waals surface area contributed by atoms with Gasteiger partial charge < -0.3 is 10.9 Å². The maximum absolute atomic E-state index is 14.4. The molecule has 1 aromatic heterocycles. The van der Waals surface area contributed by atoms with Crippen LogP contribution in [0.1, 0.15) is 11.1 Å². The van der Waals surface area contributed by atoms with Gasteiger partial charge in [0.15, 0.2) is 5.84 Å². The fourth-order valence-electron chi connectivity index (χ4n) is 2.27. The maximum Gasteiger partial charge on any atom is 0.173 e. The van der Waals surface area contributed by atoms with Gasteiger partial charge in [0.25, 0.3) is 0 Å². The highest BCUT2D eigenvalue weighted by Gasteiger charge is 2.13. The number of fused-ring (bicyclic) bond motifs is 1. The van der Waals surface area contributed by atoms with Crippen molar-refractivity contribution in [3.05, 3.63) is 65.6 Å². The van der Waals surface area contributed by atoms with Gasteiger partial charge in [-0.05, 0) is 12.1 Å². The summed E-state index contributed by atoms with van der Waals surface area (Å²) in [6, 6.07) is 12.5. The average Bonchev–Trinajstić information content (AvgIpc) is 2.92. The van der Waals surface area contributed by atoms with E-state index in [1.807, 2.05) is 24.3 Å². The molecule has 3 N–H and O–H groups in total. The lowest BCUT2D eigenvalue weighted by Crippen LogP contribution is -2.16. The van der Waals surface area contributed by atoms with Crippen LogP contribution in [-0.4, -0.2) is 20.8 Å². The van der Waals surface area contributed by atoms with Crippen LogP contribution >= 0.6 is 0 Å². The van der Waals surface area contributed by atoms with E-state index in [0.29, 0.717) is 5.56 Å². The van der Waals surface area contributed by atoms with E-state index in [1.54, 1.807) is 23.0 Å². The molecule has 0 aliphatic heterocycles. The van der Waals surface area contributed by atoms with Gasteiger partial charge in [0.2, 0.25) is 0 Å². The van der Waals surface area contributed by atoms with Crippen LogP contribution in [0.5, 0.6) is 0 Å². The molecule has 106 valence electrons. The molecule has 0 aliphatic rings. The summed E-state index contributed by atoms with van der Waals surface area (Å²) in [5.41, 5.74) is 6.89. The van der Waals surface area contributed by atoms with Crippen LogP contribution in [0.15, 0.2) is 53.8 Å². The molecule has 0 saturated carbocycles. The van der Waals surface area contributed by atoms with Crippen LogP contribution in [0.3, 0.4) is 0 Å². The Morgan fingerprint density at radius 2 is 2.05 bits per heavy atom. The number of nitrogens with zero attached hydrogens (tertiary/aromatic N) is 3. The van der Waals surface area contributed by atoms with E-state index in [4.69, 9.17) is 10.9 Å². The molecule has 0 amide bonds. The minimum atomic E-state index is -0.507. The van der Waals surface area contributed by atoms with Crippen molar-refractivity contribution in [3.8, 4) is 0 Å². The first-order valence-corrected chi connectivity index (χ1v) is 6.36. The number of para-hydroxylation sites is 1. The van der Waals surface area contributed by atoms with E-state index >= 15 is 0 Å². The van der Waals surface area contributed by atoms with E-state index < -0.39 is 5.82 Å². The molecule has 5 nitrogen and oxygen atoms in total. The standard InChI is InChI=1S/C15H13FN4O/c16-14-11(5-3-6-12(14)15(17)19-21)9-20-13-7-2-1-4-10(13)8-18-20/h1-8,21H,9H2,(H2,17,19). The zero-order valence-electron chi connectivity index (χ0n) is 11.1. The molecule has 0 saturated heterocycles. The Labute approximate surface area is 120 Å². The van der Waals surface area contributed by atoms with Crippen molar-refractivity contribution in [1.82, 2.24) is 9.78 Å². The van der Waals surface area contributed by atoms with E-state index in [9.17, 15) is 4.39 Å². The molecule has 0 fully saturated rings. The predicted molar refractivity (Wildman–Crippen MR) is 77.7 cm³/mol. The lowest BCUT2D eigenvalue weighted by Gasteiger charge is -2.08. The van der Waals surface area contributed by atoms with Crippen LogP contribution in [0.2, 0.25) is 0 Å². The highest BCUT2D eigenvalue weighted by molar-refractivity contribution is 5.97. The fourth-order valence-corrected chi connectivity index (χ4v) is 2.27. The molecule has 3 aromatic rings. The number of hydrogen-bond acceptors (Lipinski definition) is 3. The summed E-state index contributed by atoms with van der Waals surface area (Å²) >= 11 is 0. The van der Waals surface area contributed by atoms with Crippen LogP contribution in [0.4, 0.5) is 4.39 Å². The largest absolute Gasteiger partial charge is 0.409 e. The third-order valence-electron chi connectivity index (χ3n) is 3.33. The zero-order chi connectivity index (χ0) is 14.8. The smallest absolute Gasteiger partial charge is 0.173 e. The van der Waals surface area contributed by atoms with Gasteiger partial charge in [0.1, 0.15) is 5.82 Å². The lowest BCUT2D eigenvalue weighted by molar-refractivity contribution is 0.318. The van der Waals surface area contributed by atoms with E-state index in [0.717, 1.165) is 10.9 Å². The molecular weight excluding hydrogens is 271 g/mol. The topological polar surface area (TPSA) is 76.4 Å². The molecule has 1 heterocycles. The summed E-state index contributed by atoms with van der Waals surface area (Å²) in [6.45, 7) is 0.270. The first-order chi connectivity index (χ1) is 10.2. The normalized spacial score (nSPS) is 12.0.